The van der Waals surface area contributed by atoms with E-state index >= 15 is 0 Å². The predicted molar refractivity (Wildman–Crippen MR) is 111 cm³/mol. The Labute approximate surface area is 167 Å². The van der Waals surface area contributed by atoms with Gasteiger partial charge in [-0.3, -0.25) is 14.7 Å². The molecule has 0 aliphatic carbocycles. The Hall–Kier alpha value is -2.12. The van der Waals surface area contributed by atoms with Gasteiger partial charge in [-0.1, -0.05) is 24.3 Å². The summed E-state index contributed by atoms with van der Waals surface area (Å²) in [6, 6.07) is 8.90. The average molecular weight is 388 g/mol. The highest BCUT2D eigenvalue weighted by molar-refractivity contribution is 5.81. The predicted octanol–water partition coefficient (Wildman–Crippen LogP) is 0.929. The molecule has 2 aliphatic heterocycles. The minimum Gasteiger partial charge on any atom is -0.393 e. The van der Waals surface area contributed by atoms with Crippen LogP contribution < -0.4 is 10.6 Å². The van der Waals surface area contributed by atoms with Crippen molar-refractivity contribution in [1.29, 1.82) is 0 Å². The summed E-state index contributed by atoms with van der Waals surface area (Å²) < 4.78 is 0. The monoisotopic (exact) mass is 387 g/mol. The van der Waals surface area contributed by atoms with Gasteiger partial charge in [0.1, 0.15) is 0 Å². The number of hydrogen-bond acceptors (Lipinski definition) is 4. The van der Waals surface area contributed by atoms with Crippen molar-refractivity contribution in [3.8, 4) is 0 Å². The second-order valence-electron chi connectivity index (χ2n) is 7.90. The van der Waals surface area contributed by atoms with E-state index in [4.69, 9.17) is 0 Å². The fraction of sp³-hybridized carbons (Fsp3) is 0.619. The molecule has 0 saturated carbocycles. The zero-order valence-corrected chi connectivity index (χ0v) is 17.0. The van der Waals surface area contributed by atoms with Crippen LogP contribution in [0.4, 0.5) is 0 Å². The minimum atomic E-state index is -0.123. The number of rotatable bonds is 5. The number of aliphatic hydroxyl groups is 1. The zero-order chi connectivity index (χ0) is 19.9. The molecule has 2 fully saturated rings. The van der Waals surface area contributed by atoms with Crippen molar-refractivity contribution in [2.75, 3.05) is 33.7 Å². The molecule has 2 heterocycles. The number of guanidine groups is 1. The Morgan fingerprint density at radius 1 is 1.18 bits per heavy atom. The van der Waals surface area contributed by atoms with Crippen molar-refractivity contribution in [2.24, 2.45) is 4.99 Å². The van der Waals surface area contributed by atoms with Crippen LogP contribution >= 0.6 is 0 Å². The summed E-state index contributed by atoms with van der Waals surface area (Å²) in [5, 5.41) is 16.4. The molecule has 28 heavy (non-hydrogen) atoms. The fourth-order valence-corrected chi connectivity index (χ4v) is 3.80. The summed E-state index contributed by atoms with van der Waals surface area (Å²) in [5.41, 5.74) is 2.51. The summed E-state index contributed by atoms with van der Waals surface area (Å²) in [5.74, 6) is 0.977. The number of likely N-dealkylation sites (tertiary alicyclic amines) is 2. The van der Waals surface area contributed by atoms with Gasteiger partial charge in [-0.25, -0.2) is 0 Å². The molecule has 0 bridgehead atoms. The molecule has 3 rings (SSSR count). The lowest BCUT2D eigenvalue weighted by atomic mass is 10.1. The highest BCUT2D eigenvalue weighted by atomic mass is 16.3. The first kappa shape index (κ1) is 20.6. The normalized spacial score (nSPS) is 22.4. The molecule has 1 aromatic rings. The number of piperidine rings is 2. The van der Waals surface area contributed by atoms with Gasteiger partial charge in [-0.05, 0) is 30.4 Å². The van der Waals surface area contributed by atoms with Crippen LogP contribution in [0.1, 0.15) is 36.8 Å². The molecule has 0 spiro atoms. The van der Waals surface area contributed by atoms with E-state index in [1.165, 1.54) is 11.1 Å². The maximum Gasteiger partial charge on any atom is 0.222 e. The lowest BCUT2D eigenvalue weighted by molar-refractivity contribution is -0.132. The molecule has 1 aromatic carbocycles. The minimum absolute atomic E-state index is 0.123. The second kappa shape index (κ2) is 9.89. The molecule has 1 amide bonds. The van der Waals surface area contributed by atoms with E-state index in [0.29, 0.717) is 19.5 Å². The molecule has 2 aliphatic rings. The number of amides is 1. The average Bonchev–Trinajstić information content (AvgIpc) is 2.70. The molecular formula is C21H33N5O2. The lowest BCUT2D eigenvalue weighted by Gasteiger charge is -2.31. The first-order valence-corrected chi connectivity index (χ1v) is 10.2. The van der Waals surface area contributed by atoms with Gasteiger partial charge in [0.15, 0.2) is 5.96 Å². The third-order valence-corrected chi connectivity index (χ3v) is 5.64. The zero-order valence-electron chi connectivity index (χ0n) is 17.0. The van der Waals surface area contributed by atoms with Gasteiger partial charge in [-0.2, -0.15) is 0 Å². The van der Waals surface area contributed by atoms with Crippen molar-refractivity contribution in [1.82, 2.24) is 20.4 Å². The van der Waals surface area contributed by atoms with Crippen LogP contribution in [0.3, 0.4) is 0 Å². The highest BCUT2D eigenvalue weighted by Crippen LogP contribution is 2.14. The number of hydrogen-bond donors (Lipinski definition) is 3. The quantitative estimate of drug-likeness (QED) is 0.517. The van der Waals surface area contributed by atoms with E-state index < -0.39 is 0 Å². The molecule has 3 N–H and O–H groups in total. The van der Waals surface area contributed by atoms with E-state index in [-0.39, 0.29) is 18.1 Å². The second-order valence-corrected chi connectivity index (χ2v) is 7.90. The molecule has 7 nitrogen and oxygen atoms in total. The standard InChI is InChI=1S/C21H33N5O2/c1-22-21(24-18-7-8-20(28)25(2)15-18)23-13-16-3-5-17(6-4-16)14-26-11-9-19(27)10-12-26/h3-6,18-19,27H,7-15H2,1-2H3,(H2,22,23,24). The Morgan fingerprint density at radius 2 is 1.86 bits per heavy atom. The third kappa shape index (κ3) is 5.94. The molecule has 1 atom stereocenters. The molecule has 1 unspecified atom stereocenters. The van der Waals surface area contributed by atoms with Crippen molar-refractivity contribution in [3.05, 3.63) is 35.4 Å². The molecule has 2 saturated heterocycles. The van der Waals surface area contributed by atoms with Gasteiger partial charge in [0.2, 0.25) is 5.91 Å². The van der Waals surface area contributed by atoms with Gasteiger partial charge in [0, 0.05) is 59.3 Å². The van der Waals surface area contributed by atoms with Crippen LogP contribution in [0.5, 0.6) is 0 Å². The lowest BCUT2D eigenvalue weighted by Crippen LogP contribution is -2.51. The smallest absolute Gasteiger partial charge is 0.222 e. The Kier molecular flexibility index (Phi) is 7.28. The van der Waals surface area contributed by atoms with Crippen molar-refractivity contribution >= 4 is 11.9 Å². The molecular weight excluding hydrogens is 354 g/mol. The first-order valence-electron chi connectivity index (χ1n) is 10.2. The number of carbonyl (C=O) groups excluding carboxylic acids is 1. The van der Waals surface area contributed by atoms with Crippen LogP contribution in [-0.2, 0) is 17.9 Å². The molecule has 7 heteroatoms. The maximum atomic E-state index is 11.6. The van der Waals surface area contributed by atoms with Crippen LogP contribution in [0.2, 0.25) is 0 Å². The van der Waals surface area contributed by atoms with Crippen LogP contribution in [0, 0.1) is 0 Å². The Balaban J connectivity index is 1.44. The van der Waals surface area contributed by atoms with E-state index in [9.17, 15) is 9.90 Å². The number of carbonyl (C=O) groups is 1. The maximum absolute atomic E-state index is 11.6. The fourth-order valence-electron chi connectivity index (χ4n) is 3.80. The summed E-state index contributed by atoms with van der Waals surface area (Å²) >= 11 is 0. The topological polar surface area (TPSA) is 80.2 Å². The number of aliphatic hydroxyl groups excluding tert-OH is 1. The summed E-state index contributed by atoms with van der Waals surface area (Å²) in [6.45, 7) is 4.29. The number of nitrogens with zero attached hydrogens (tertiary/aromatic N) is 3. The molecule has 0 radical (unpaired) electrons. The number of benzene rings is 1. The van der Waals surface area contributed by atoms with E-state index in [1.807, 2.05) is 7.05 Å². The van der Waals surface area contributed by atoms with Gasteiger partial charge in [0.05, 0.1) is 6.10 Å². The molecule has 0 aromatic heterocycles. The van der Waals surface area contributed by atoms with Gasteiger partial charge in [-0.15, -0.1) is 0 Å². The first-order chi connectivity index (χ1) is 13.5. The van der Waals surface area contributed by atoms with Gasteiger partial charge < -0.3 is 20.6 Å². The third-order valence-electron chi connectivity index (χ3n) is 5.64. The summed E-state index contributed by atoms with van der Waals surface area (Å²) in [4.78, 5) is 20.1. The van der Waals surface area contributed by atoms with E-state index in [2.05, 4.69) is 44.8 Å². The van der Waals surface area contributed by atoms with Crippen LogP contribution in [0.25, 0.3) is 0 Å². The molecule has 154 valence electrons. The summed E-state index contributed by atoms with van der Waals surface area (Å²) in [6.07, 6.45) is 3.05. The largest absolute Gasteiger partial charge is 0.393 e. The highest BCUT2D eigenvalue weighted by Gasteiger charge is 2.23. The van der Waals surface area contributed by atoms with Gasteiger partial charge >= 0.3 is 0 Å². The van der Waals surface area contributed by atoms with E-state index in [1.54, 1.807) is 11.9 Å². The van der Waals surface area contributed by atoms with Crippen LogP contribution in [0.15, 0.2) is 29.3 Å². The van der Waals surface area contributed by atoms with Crippen molar-refractivity contribution in [2.45, 2.75) is 50.9 Å². The number of nitrogens with one attached hydrogen (secondary N) is 2. The Bertz CT molecular complexity index is 668. The van der Waals surface area contributed by atoms with Crippen molar-refractivity contribution in [3.63, 3.8) is 0 Å². The van der Waals surface area contributed by atoms with Crippen molar-refractivity contribution < 1.29 is 9.90 Å². The number of likely N-dealkylation sites (N-methyl/N-ethyl adjacent to an activating group) is 1. The Morgan fingerprint density at radius 3 is 2.50 bits per heavy atom. The van der Waals surface area contributed by atoms with Crippen LogP contribution in [-0.4, -0.2) is 72.6 Å². The number of aliphatic imine (C=N–C) groups is 1. The van der Waals surface area contributed by atoms with Gasteiger partial charge in [0.25, 0.3) is 0 Å². The summed E-state index contributed by atoms with van der Waals surface area (Å²) in [7, 11) is 3.62. The van der Waals surface area contributed by atoms with E-state index in [0.717, 1.165) is 44.9 Å². The SMILES string of the molecule is CN=C(NCc1ccc(CN2CCC(O)CC2)cc1)NC1CCC(=O)N(C)C1.